The summed E-state index contributed by atoms with van der Waals surface area (Å²) in [6.45, 7) is 15.0. The third kappa shape index (κ3) is 5.95. The Bertz CT molecular complexity index is 807. The number of carbonyl (C=O) groups excluding carboxylic acids is 3. The molecular weight excluding hydrogens is 444 g/mol. The van der Waals surface area contributed by atoms with E-state index in [0.717, 1.165) is 70.7 Å². The zero-order valence-electron chi connectivity index (χ0n) is 22.7. The van der Waals surface area contributed by atoms with Gasteiger partial charge in [-0.25, -0.2) is 4.79 Å². The summed E-state index contributed by atoms with van der Waals surface area (Å²) in [6.07, 6.45) is 6.98. The first-order valence-corrected chi connectivity index (χ1v) is 13.6. The van der Waals surface area contributed by atoms with Crippen molar-refractivity contribution in [3.05, 3.63) is 0 Å². The van der Waals surface area contributed by atoms with Crippen LogP contribution in [-0.2, 0) is 14.3 Å². The van der Waals surface area contributed by atoms with Crippen molar-refractivity contribution in [2.24, 2.45) is 10.8 Å². The lowest BCUT2D eigenvalue weighted by Crippen LogP contribution is -2.64. The molecule has 0 unspecified atom stereocenters. The number of nitrogens with one attached hydrogen (secondary N) is 2. The maximum atomic E-state index is 13.6. The van der Waals surface area contributed by atoms with Gasteiger partial charge in [0, 0.05) is 43.2 Å². The van der Waals surface area contributed by atoms with Crippen LogP contribution in [0.4, 0.5) is 4.79 Å². The second-order valence-electron chi connectivity index (χ2n) is 13.6. The van der Waals surface area contributed by atoms with Crippen LogP contribution in [0.15, 0.2) is 0 Å². The first kappa shape index (κ1) is 26.2. The number of carbonyl (C=O) groups is 3. The smallest absolute Gasteiger partial charge is 0.408 e. The molecule has 5 rings (SSSR count). The monoisotopic (exact) mass is 490 g/mol. The predicted octanol–water partition coefficient (Wildman–Crippen LogP) is 3.44. The maximum Gasteiger partial charge on any atom is 0.408 e. The molecule has 8 nitrogen and oxygen atoms in total. The molecule has 8 heteroatoms. The van der Waals surface area contributed by atoms with Crippen LogP contribution in [0.5, 0.6) is 0 Å². The first-order chi connectivity index (χ1) is 16.2. The second kappa shape index (κ2) is 9.24. The zero-order chi connectivity index (χ0) is 25.6. The Kier molecular flexibility index (Phi) is 6.92. The molecule has 5 fully saturated rings. The Labute approximate surface area is 210 Å². The third-order valence-electron chi connectivity index (χ3n) is 8.54. The molecule has 198 valence electrons. The molecule has 1 aliphatic heterocycles. The molecule has 0 aromatic carbocycles. The van der Waals surface area contributed by atoms with Gasteiger partial charge in [0.2, 0.25) is 11.8 Å². The fourth-order valence-electron chi connectivity index (χ4n) is 6.19. The minimum Gasteiger partial charge on any atom is -0.444 e. The van der Waals surface area contributed by atoms with Gasteiger partial charge < -0.3 is 20.3 Å². The number of amides is 3. The molecule has 0 aromatic rings. The number of ether oxygens (including phenoxy) is 1. The summed E-state index contributed by atoms with van der Waals surface area (Å²) >= 11 is 0. The van der Waals surface area contributed by atoms with Crippen molar-refractivity contribution in [2.45, 2.75) is 116 Å². The highest BCUT2D eigenvalue weighted by molar-refractivity contribution is 5.87. The van der Waals surface area contributed by atoms with E-state index in [2.05, 4.69) is 20.4 Å². The van der Waals surface area contributed by atoms with Gasteiger partial charge in [0.05, 0.1) is 0 Å². The van der Waals surface area contributed by atoms with Crippen LogP contribution in [0, 0.1) is 10.8 Å². The van der Waals surface area contributed by atoms with Crippen molar-refractivity contribution < 1.29 is 19.1 Å². The summed E-state index contributed by atoms with van der Waals surface area (Å²) in [5, 5.41) is 6.12. The first-order valence-electron chi connectivity index (χ1n) is 13.6. The molecule has 1 atom stereocenters. The predicted molar refractivity (Wildman–Crippen MR) is 135 cm³/mol. The van der Waals surface area contributed by atoms with Crippen LogP contribution in [0.3, 0.4) is 0 Å². The maximum absolute atomic E-state index is 13.6. The number of nitrogens with zero attached hydrogens (tertiary/aromatic N) is 2. The van der Waals surface area contributed by atoms with Gasteiger partial charge in [0.15, 0.2) is 0 Å². The Hall–Kier alpha value is -1.83. The van der Waals surface area contributed by atoms with E-state index in [-0.39, 0.29) is 16.9 Å². The van der Waals surface area contributed by atoms with Crippen LogP contribution in [0.2, 0.25) is 0 Å². The van der Waals surface area contributed by atoms with E-state index in [1.165, 1.54) is 12.8 Å². The van der Waals surface area contributed by atoms with Crippen LogP contribution in [-0.4, -0.2) is 77.1 Å². The number of hydrogen-bond donors (Lipinski definition) is 2. The fourth-order valence-corrected chi connectivity index (χ4v) is 6.19. The lowest BCUT2D eigenvalue weighted by molar-refractivity contribution is -0.152. The second-order valence-corrected chi connectivity index (χ2v) is 13.6. The molecule has 0 radical (unpaired) electrons. The van der Waals surface area contributed by atoms with Crippen molar-refractivity contribution >= 4 is 17.9 Å². The Morgan fingerprint density at radius 3 is 1.86 bits per heavy atom. The SMILES string of the molecule is CC(C)(C)OC(=O)N[C@H](C(=O)NC12CCC(C(=O)N3CCN(C4CC4)CC3)(CC1)CC2)C(C)(C)C. The summed E-state index contributed by atoms with van der Waals surface area (Å²) in [5.41, 5.74) is -1.65. The largest absolute Gasteiger partial charge is 0.444 e. The van der Waals surface area contributed by atoms with Crippen molar-refractivity contribution in [1.82, 2.24) is 20.4 Å². The van der Waals surface area contributed by atoms with E-state index in [1.807, 2.05) is 41.5 Å². The van der Waals surface area contributed by atoms with E-state index in [1.54, 1.807) is 0 Å². The molecule has 0 aromatic heterocycles. The van der Waals surface area contributed by atoms with Crippen molar-refractivity contribution in [3.8, 4) is 0 Å². The molecule has 35 heavy (non-hydrogen) atoms. The van der Waals surface area contributed by atoms with Gasteiger partial charge in [-0.15, -0.1) is 0 Å². The van der Waals surface area contributed by atoms with Gasteiger partial charge in [-0.1, -0.05) is 20.8 Å². The lowest BCUT2D eigenvalue weighted by atomic mass is 9.56. The average molecular weight is 491 g/mol. The van der Waals surface area contributed by atoms with Gasteiger partial charge in [-0.3, -0.25) is 14.5 Å². The molecule has 4 saturated carbocycles. The number of hydrogen-bond acceptors (Lipinski definition) is 5. The quantitative estimate of drug-likeness (QED) is 0.616. The van der Waals surface area contributed by atoms with E-state index in [4.69, 9.17) is 4.74 Å². The normalized spacial score (nSPS) is 30.5. The van der Waals surface area contributed by atoms with Crippen LogP contribution in [0.25, 0.3) is 0 Å². The summed E-state index contributed by atoms with van der Waals surface area (Å²) in [6, 6.07) is 0.0606. The van der Waals surface area contributed by atoms with Gasteiger partial charge in [-0.2, -0.15) is 0 Å². The molecule has 3 amide bonds. The number of piperazine rings is 1. The molecule has 2 bridgehead atoms. The summed E-state index contributed by atoms with van der Waals surface area (Å²) in [5.74, 6) is 0.173. The van der Waals surface area contributed by atoms with Gasteiger partial charge in [0.25, 0.3) is 0 Å². The van der Waals surface area contributed by atoms with E-state index < -0.39 is 23.2 Å². The molecule has 0 spiro atoms. The van der Waals surface area contributed by atoms with Crippen LogP contribution in [0.1, 0.15) is 92.9 Å². The van der Waals surface area contributed by atoms with Gasteiger partial charge >= 0.3 is 6.09 Å². The fraction of sp³-hybridized carbons (Fsp3) is 0.889. The molecule has 4 aliphatic carbocycles. The Morgan fingerprint density at radius 2 is 1.40 bits per heavy atom. The Morgan fingerprint density at radius 1 is 0.857 bits per heavy atom. The minimum atomic E-state index is -0.704. The molecule has 1 heterocycles. The van der Waals surface area contributed by atoms with E-state index >= 15 is 0 Å². The summed E-state index contributed by atoms with van der Waals surface area (Å²) in [4.78, 5) is 44.1. The van der Waals surface area contributed by atoms with Crippen molar-refractivity contribution in [3.63, 3.8) is 0 Å². The van der Waals surface area contributed by atoms with Crippen molar-refractivity contribution in [1.29, 1.82) is 0 Å². The molecule has 2 N–H and O–H groups in total. The highest BCUT2D eigenvalue weighted by Gasteiger charge is 2.54. The number of fused-ring (bicyclic) bond motifs is 3. The summed E-state index contributed by atoms with van der Waals surface area (Å²) < 4.78 is 5.41. The molecular formula is C27H46N4O4. The topological polar surface area (TPSA) is 91.0 Å². The van der Waals surface area contributed by atoms with E-state index in [0.29, 0.717) is 5.91 Å². The minimum absolute atomic E-state index is 0.166. The van der Waals surface area contributed by atoms with Crippen molar-refractivity contribution in [2.75, 3.05) is 26.2 Å². The molecule has 5 aliphatic rings. The Balaban J connectivity index is 1.34. The third-order valence-corrected chi connectivity index (χ3v) is 8.54. The highest BCUT2D eigenvalue weighted by Crippen LogP contribution is 2.53. The summed E-state index contributed by atoms with van der Waals surface area (Å²) in [7, 11) is 0. The molecule has 1 saturated heterocycles. The average Bonchev–Trinajstić information content (AvgIpc) is 3.62. The highest BCUT2D eigenvalue weighted by atomic mass is 16.6. The standard InChI is InChI=1S/C27H46N4O4/c1-24(2,3)20(28-23(34)35-25(4,5)6)21(32)29-27-12-9-26(10-13-27,11-14-27)22(33)31-17-15-30(16-18-31)19-7-8-19/h19-20H,7-18H2,1-6H3,(H,28,34)(H,29,32)/t20-,26?,27?/m1/s1. The lowest BCUT2D eigenvalue weighted by Gasteiger charge is -2.54. The van der Waals surface area contributed by atoms with Gasteiger partial charge in [0.1, 0.15) is 11.6 Å². The number of rotatable bonds is 5. The van der Waals surface area contributed by atoms with Crippen LogP contribution >= 0.6 is 0 Å². The zero-order valence-corrected chi connectivity index (χ0v) is 22.7. The van der Waals surface area contributed by atoms with E-state index in [9.17, 15) is 14.4 Å². The number of alkyl carbamates (subject to hydrolysis) is 1. The van der Waals surface area contributed by atoms with Crippen LogP contribution < -0.4 is 10.6 Å². The van der Waals surface area contributed by atoms with Gasteiger partial charge in [-0.05, 0) is 77.6 Å².